The fourth-order valence-corrected chi connectivity index (χ4v) is 8.23. The maximum atomic E-state index is 9.83. The van der Waals surface area contributed by atoms with Crippen LogP contribution in [0.15, 0.2) is 198 Å². The van der Waals surface area contributed by atoms with Crippen LogP contribution in [0.25, 0.3) is 110 Å². The predicted octanol–water partition coefficient (Wildman–Crippen LogP) is 14.9. The highest BCUT2D eigenvalue weighted by molar-refractivity contribution is 6.24. The summed E-state index contributed by atoms with van der Waals surface area (Å²) in [6.07, 6.45) is 0. The van der Waals surface area contributed by atoms with Crippen LogP contribution in [0.1, 0.15) is 8.22 Å². The van der Waals surface area contributed by atoms with Crippen LogP contribution in [0.5, 0.6) is 0 Å². The third kappa shape index (κ3) is 4.64. The van der Waals surface area contributed by atoms with Crippen molar-refractivity contribution in [2.24, 2.45) is 0 Å². The fraction of sp³-hybridized carbons (Fsp3) is 0. The smallest absolute Gasteiger partial charge is 0.136 e. The van der Waals surface area contributed by atoms with Crippen molar-refractivity contribution in [1.82, 2.24) is 0 Å². The van der Waals surface area contributed by atoms with Gasteiger partial charge in [0, 0.05) is 10.8 Å². The minimum atomic E-state index is -0.392. The topological polar surface area (TPSA) is 13.1 Å². The summed E-state index contributed by atoms with van der Waals surface area (Å²) in [5.74, 6) is 0. The first-order valence-electron chi connectivity index (χ1n) is 20.8. The number of rotatable bonds is 4. The van der Waals surface area contributed by atoms with Crippen LogP contribution in [0.2, 0.25) is 0 Å². The Morgan fingerprint density at radius 3 is 1.66 bits per heavy atom. The monoisotopic (exact) mass is 678 g/mol. The maximum absolute atomic E-state index is 9.83. The van der Waals surface area contributed by atoms with Gasteiger partial charge in [0.2, 0.25) is 0 Å². The molecule has 0 amide bonds. The van der Waals surface area contributed by atoms with Gasteiger partial charge in [-0.3, -0.25) is 0 Å². The van der Waals surface area contributed by atoms with E-state index in [0.717, 1.165) is 65.3 Å². The molecule has 0 unspecified atom stereocenters. The molecule has 0 bridgehead atoms. The van der Waals surface area contributed by atoms with Gasteiger partial charge in [-0.1, -0.05) is 170 Å². The maximum Gasteiger partial charge on any atom is 0.136 e. The zero-order valence-electron chi connectivity index (χ0n) is 34.4. The first-order chi connectivity index (χ1) is 28.8. The van der Waals surface area contributed by atoms with Gasteiger partial charge in [-0.25, -0.2) is 0 Å². The van der Waals surface area contributed by atoms with E-state index < -0.39 is 6.04 Å². The lowest BCUT2D eigenvalue weighted by Gasteiger charge is -2.19. The van der Waals surface area contributed by atoms with Crippen molar-refractivity contribution in [3.8, 4) is 44.5 Å². The fourth-order valence-electron chi connectivity index (χ4n) is 8.23. The average molecular weight is 679 g/mol. The Hall–Kier alpha value is -6.96. The second-order valence-electron chi connectivity index (χ2n) is 13.5. The third-order valence-electron chi connectivity index (χ3n) is 10.6. The highest BCUT2D eigenvalue weighted by Crippen LogP contribution is 2.47. The van der Waals surface area contributed by atoms with Crippen molar-refractivity contribution in [2.75, 3.05) is 0 Å². The SMILES string of the molecule is [2H]c1c([2H])c([2H])c2c(-c3c4ccccc4c(-c4ccccc4)c4ccccc34)c([2H])c([2H])c(-c3ccc4oc5cc(-c6cccc7ccccc67)ccc5c4c3)c2c1[2H]. The second-order valence-corrected chi connectivity index (χ2v) is 13.5. The molecule has 1 heterocycles. The molecule has 0 aliphatic rings. The molecule has 1 aromatic heterocycles. The molecule has 1 nitrogen and oxygen atoms in total. The van der Waals surface area contributed by atoms with Crippen LogP contribution in [-0.4, -0.2) is 0 Å². The summed E-state index contributed by atoms with van der Waals surface area (Å²) in [5.41, 5.74) is 7.35. The molecule has 0 radical (unpaired) electrons. The Balaban J connectivity index is 1.19. The van der Waals surface area contributed by atoms with Crippen LogP contribution in [0, 0.1) is 0 Å². The molecular weight excluding hydrogens is 641 g/mol. The molecule has 246 valence electrons. The highest BCUT2D eigenvalue weighted by atomic mass is 16.3. The molecule has 0 aliphatic heterocycles. The number of furan rings is 1. The Kier molecular flexibility index (Phi) is 5.40. The van der Waals surface area contributed by atoms with E-state index >= 15 is 0 Å². The summed E-state index contributed by atoms with van der Waals surface area (Å²) in [6, 6.07) is 51.0. The molecular formula is C52H32O. The van der Waals surface area contributed by atoms with Crippen molar-refractivity contribution < 1.29 is 12.6 Å². The Labute approximate surface area is 315 Å². The van der Waals surface area contributed by atoms with Gasteiger partial charge in [0.25, 0.3) is 0 Å². The van der Waals surface area contributed by atoms with E-state index in [4.69, 9.17) is 7.16 Å². The summed E-state index contributed by atoms with van der Waals surface area (Å²) in [6.45, 7) is 0. The lowest BCUT2D eigenvalue weighted by Crippen LogP contribution is -1.92. The summed E-state index contributed by atoms with van der Waals surface area (Å²) in [5, 5.41) is 7.94. The Morgan fingerprint density at radius 2 is 0.906 bits per heavy atom. The van der Waals surface area contributed by atoms with E-state index in [1.54, 1.807) is 0 Å². The van der Waals surface area contributed by atoms with Gasteiger partial charge in [0.15, 0.2) is 0 Å². The molecule has 53 heavy (non-hydrogen) atoms. The Bertz CT molecular complexity index is 3510. The molecule has 0 saturated carbocycles. The van der Waals surface area contributed by atoms with Crippen molar-refractivity contribution >= 4 is 65.0 Å². The summed E-state index contributed by atoms with van der Waals surface area (Å²) >= 11 is 0. The van der Waals surface area contributed by atoms with Crippen molar-refractivity contribution in [3.05, 3.63) is 194 Å². The zero-order valence-corrected chi connectivity index (χ0v) is 28.4. The molecule has 0 aliphatic carbocycles. The average Bonchev–Trinajstić information content (AvgIpc) is 3.65. The number of hydrogen-bond acceptors (Lipinski definition) is 1. The van der Waals surface area contributed by atoms with Gasteiger partial charge in [-0.15, -0.1) is 0 Å². The zero-order chi connectivity index (χ0) is 40.1. The molecule has 10 aromatic carbocycles. The van der Waals surface area contributed by atoms with Crippen LogP contribution >= 0.6 is 0 Å². The lowest BCUT2D eigenvalue weighted by molar-refractivity contribution is 0.669. The molecule has 11 rings (SSSR count). The van der Waals surface area contributed by atoms with E-state index in [-0.39, 0.29) is 46.5 Å². The quantitative estimate of drug-likeness (QED) is 0.169. The number of hydrogen-bond donors (Lipinski definition) is 0. The third-order valence-corrected chi connectivity index (χ3v) is 10.6. The van der Waals surface area contributed by atoms with Crippen molar-refractivity contribution in [1.29, 1.82) is 0 Å². The first kappa shape index (κ1) is 24.3. The van der Waals surface area contributed by atoms with Crippen LogP contribution in [-0.2, 0) is 0 Å². The van der Waals surface area contributed by atoms with E-state index in [2.05, 4.69) is 60.7 Å². The lowest BCUT2D eigenvalue weighted by atomic mass is 9.84. The van der Waals surface area contributed by atoms with Crippen LogP contribution < -0.4 is 0 Å². The molecule has 0 N–H and O–H groups in total. The molecule has 0 atom stereocenters. The number of benzene rings is 10. The minimum Gasteiger partial charge on any atom is -0.456 e. The highest BCUT2D eigenvalue weighted by Gasteiger charge is 2.19. The van der Waals surface area contributed by atoms with Crippen molar-refractivity contribution in [3.63, 3.8) is 0 Å². The van der Waals surface area contributed by atoms with E-state index in [9.17, 15) is 5.48 Å². The summed E-state index contributed by atoms with van der Waals surface area (Å²) < 4.78 is 62.6. The van der Waals surface area contributed by atoms with Gasteiger partial charge >= 0.3 is 0 Å². The summed E-state index contributed by atoms with van der Waals surface area (Å²) in [4.78, 5) is 0. The first-order valence-corrected chi connectivity index (χ1v) is 17.8. The molecule has 11 aromatic rings. The minimum absolute atomic E-state index is 0.114. The second kappa shape index (κ2) is 11.8. The van der Waals surface area contributed by atoms with Gasteiger partial charge in [0.05, 0.1) is 8.22 Å². The molecule has 1 heteroatoms. The normalized spacial score (nSPS) is 13.4. The van der Waals surface area contributed by atoms with E-state index in [1.165, 1.54) is 0 Å². The summed E-state index contributed by atoms with van der Waals surface area (Å²) in [7, 11) is 0. The molecule has 0 saturated heterocycles. The van der Waals surface area contributed by atoms with Crippen LogP contribution in [0.4, 0.5) is 0 Å². The number of fused-ring (bicyclic) bond motifs is 7. The van der Waals surface area contributed by atoms with Gasteiger partial charge < -0.3 is 4.42 Å². The molecule has 0 spiro atoms. The van der Waals surface area contributed by atoms with Crippen LogP contribution in [0.3, 0.4) is 0 Å². The molecule has 0 fully saturated rings. The Morgan fingerprint density at radius 1 is 0.321 bits per heavy atom. The standard InChI is InChI=1S/C52H32O/c1-2-14-34(15-3-1)51-43-20-8-10-22-45(43)52(46-23-11-9-21-44(46)51)47-29-28-39(40-18-6-7-19-41(40)47)35-26-30-49-48(31-35)42-27-25-36(32-50(42)53-49)38-24-12-16-33-13-4-5-17-37(33)38/h1-32H/i6D,7D,18D,19D,28D,29D. The van der Waals surface area contributed by atoms with Crippen molar-refractivity contribution in [2.45, 2.75) is 0 Å². The van der Waals surface area contributed by atoms with Gasteiger partial charge in [-0.2, -0.15) is 0 Å². The largest absolute Gasteiger partial charge is 0.456 e. The van der Waals surface area contributed by atoms with E-state index in [1.807, 2.05) is 97.1 Å². The van der Waals surface area contributed by atoms with Gasteiger partial charge in [0.1, 0.15) is 11.2 Å². The predicted molar refractivity (Wildman–Crippen MR) is 225 cm³/mol. The van der Waals surface area contributed by atoms with Gasteiger partial charge in [-0.05, 0) is 112 Å². The van der Waals surface area contributed by atoms with E-state index in [0.29, 0.717) is 27.9 Å².